The van der Waals surface area contributed by atoms with Crippen LogP contribution >= 0.6 is 11.3 Å². The number of nitrogens with two attached hydrogens (primary N) is 1. The summed E-state index contributed by atoms with van der Waals surface area (Å²) >= 11 is 1.36. The number of anilines is 1. The molecule has 2 aromatic heterocycles. The Hall–Kier alpha value is -2.08. The molecule has 106 valence electrons. The quantitative estimate of drug-likeness (QED) is 0.888. The van der Waals surface area contributed by atoms with Gasteiger partial charge in [0.25, 0.3) is 5.91 Å². The second-order valence-corrected chi connectivity index (χ2v) is 5.70. The number of rotatable bonds is 5. The minimum absolute atomic E-state index is 0.162. The highest BCUT2D eigenvalue weighted by Gasteiger charge is 2.18. The van der Waals surface area contributed by atoms with Crippen molar-refractivity contribution in [3.8, 4) is 0 Å². The van der Waals surface area contributed by atoms with E-state index in [9.17, 15) is 9.59 Å². The summed E-state index contributed by atoms with van der Waals surface area (Å²) in [7, 11) is 0. The number of carbonyl (C=O) groups is 2. The first-order valence-corrected chi connectivity index (χ1v) is 7.02. The molecule has 5 nitrogen and oxygen atoms in total. The summed E-state index contributed by atoms with van der Waals surface area (Å²) in [4.78, 5) is 24.3. The highest BCUT2D eigenvalue weighted by Crippen LogP contribution is 2.32. The van der Waals surface area contributed by atoms with E-state index < -0.39 is 5.91 Å². The summed E-state index contributed by atoms with van der Waals surface area (Å²) < 4.78 is 5.17. The van der Waals surface area contributed by atoms with E-state index in [1.54, 1.807) is 12.3 Å². The third-order valence-corrected chi connectivity index (χ3v) is 4.19. The normalized spacial score (nSPS) is 10.5. The van der Waals surface area contributed by atoms with Crippen molar-refractivity contribution in [2.45, 2.75) is 26.7 Å². The van der Waals surface area contributed by atoms with Gasteiger partial charge in [-0.3, -0.25) is 9.59 Å². The second kappa shape index (κ2) is 5.92. The molecule has 0 radical (unpaired) electrons. The lowest BCUT2D eigenvalue weighted by atomic mass is 10.1. The number of hydrogen-bond donors (Lipinski definition) is 2. The Labute approximate surface area is 120 Å². The van der Waals surface area contributed by atoms with Gasteiger partial charge in [-0.1, -0.05) is 0 Å². The predicted octanol–water partition coefficient (Wildman–Crippen LogP) is 2.63. The fourth-order valence-corrected chi connectivity index (χ4v) is 2.97. The zero-order valence-corrected chi connectivity index (χ0v) is 12.2. The summed E-state index contributed by atoms with van der Waals surface area (Å²) in [5.41, 5.74) is 6.58. The van der Waals surface area contributed by atoms with Gasteiger partial charge in [0.05, 0.1) is 11.8 Å². The molecule has 0 aliphatic heterocycles. The molecule has 2 heterocycles. The standard InChI is InChI=1S/C14H16N2O3S/c1-8-9(2)20-14(12(8)13(15)18)16-11(17)6-5-10-4-3-7-19-10/h3-4,7H,5-6H2,1-2H3,(H2,15,18)(H,16,17). The molecule has 20 heavy (non-hydrogen) atoms. The average molecular weight is 292 g/mol. The zero-order chi connectivity index (χ0) is 14.7. The molecule has 0 fully saturated rings. The van der Waals surface area contributed by atoms with E-state index in [1.807, 2.05) is 19.9 Å². The molecular weight excluding hydrogens is 276 g/mol. The first kappa shape index (κ1) is 14.3. The summed E-state index contributed by atoms with van der Waals surface area (Å²) in [5.74, 6) is 0.0761. The van der Waals surface area contributed by atoms with Crippen molar-refractivity contribution in [2.75, 3.05) is 5.32 Å². The first-order valence-electron chi connectivity index (χ1n) is 6.21. The highest BCUT2D eigenvalue weighted by atomic mass is 32.1. The van der Waals surface area contributed by atoms with Crippen molar-refractivity contribution in [1.29, 1.82) is 0 Å². The van der Waals surface area contributed by atoms with Gasteiger partial charge in [0.1, 0.15) is 10.8 Å². The fraction of sp³-hybridized carbons (Fsp3) is 0.286. The lowest BCUT2D eigenvalue weighted by Gasteiger charge is -2.04. The molecule has 2 rings (SSSR count). The maximum atomic E-state index is 11.9. The van der Waals surface area contributed by atoms with Crippen LogP contribution in [0, 0.1) is 13.8 Å². The predicted molar refractivity (Wildman–Crippen MR) is 78.0 cm³/mol. The summed E-state index contributed by atoms with van der Waals surface area (Å²) in [6.45, 7) is 3.72. The number of carbonyl (C=O) groups excluding carboxylic acids is 2. The fourth-order valence-electron chi connectivity index (χ4n) is 1.89. The van der Waals surface area contributed by atoms with E-state index >= 15 is 0 Å². The van der Waals surface area contributed by atoms with Crippen LogP contribution in [0.25, 0.3) is 0 Å². The van der Waals surface area contributed by atoms with Crippen LogP contribution in [-0.4, -0.2) is 11.8 Å². The molecule has 0 aromatic carbocycles. The number of amides is 2. The first-order chi connectivity index (χ1) is 9.49. The minimum atomic E-state index is -0.520. The monoisotopic (exact) mass is 292 g/mol. The van der Waals surface area contributed by atoms with Gasteiger partial charge in [0.15, 0.2) is 0 Å². The number of primary amides is 1. The van der Waals surface area contributed by atoms with Gasteiger partial charge >= 0.3 is 0 Å². The molecule has 0 saturated carbocycles. The van der Waals surface area contributed by atoms with Crippen molar-refractivity contribution >= 4 is 28.2 Å². The van der Waals surface area contributed by atoms with Gasteiger partial charge in [-0.25, -0.2) is 0 Å². The number of aryl methyl sites for hydroxylation is 2. The van der Waals surface area contributed by atoms with Crippen molar-refractivity contribution in [3.05, 3.63) is 40.2 Å². The molecule has 0 aliphatic carbocycles. The van der Waals surface area contributed by atoms with Gasteiger partial charge in [0, 0.05) is 17.7 Å². The van der Waals surface area contributed by atoms with E-state index in [4.69, 9.17) is 10.2 Å². The molecule has 2 amide bonds. The summed E-state index contributed by atoms with van der Waals surface area (Å²) in [5, 5.41) is 3.28. The summed E-state index contributed by atoms with van der Waals surface area (Å²) in [6, 6.07) is 3.60. The zero-order valence-electron chi connectivity index (χ0n) is 11.4. The van der Waals surface area contributed by atoms with Crippen LogP contribution < -0.4 is 11.1 Å². The van der Waals surface area contributed by atoms with Gasteiger partial charge in [0.2, 0.25) is 5.91 Å². The smallest absolute Gasteiger partial charge is 0.251 e. The van der Waals surface area contributed by atoms with Crippen molar-refractivity contribution in [3.63, 3.8) is 0 Å². The minimum Gasteiger partial charge on any atom is -0.469 e. The van der Waals surface area contributed by atoms with Crippen LogP contribution in [0.1, 0.15) is 33.0 Å². The summed E-state index contributed by atoms with van der Waals surface area (Å²) in [6.07, 6.45) is 2.39. The Morgan fingerprint density at radius 3 is 2.75 bits per heavy atom. The highest BCUT2D eigenvalue weighted by molar-refractivity contribution is 7.16. The van der Waals surface area contributed by atoms with E-state index in [0.29, 0.717) is 23.4 Å². The Kier molecular flexibility index (Phi) is 4.24. The second-order valence-electron chi connectivity index (χ2n) is 4.48. The van der Waals surface area contributed by atoms with Crippen LogP contribution in [0.15, 0.2) is 22.8 Å². The maximum Gasteiger partial charge on any atom is 0.251 e. The number of furan rings is 1. The van der Waals surface area contributed by atoms with Crippen molar-refractivity contribution < 1.29 is 14.0 Å². The van der Waals surface area contributed by atoms with Gasteiger partial charge in [-0.15, -0.1) is 11.3 Å². The molecule has 0 atom stereocenters. The topological polar surface area (TPSA) is 85.3 Å². The molecule has 6 heteroatoms. The average Bonchev–Trinajstić information content (AvgIpc) is 2.96. The third kappa shape index (κ3) is 3.08. The van der Waals surface area contributed by atoms with E-state index in [0.717, 1.165) is 16.2 Å². The van der Waals surface area contributed by atoms with Crippen molar-refractivity contribution in [1.82, 2.24) is 0 Å². The van der Waals surface area contributed by atoms with Crippen LogP contribution in [0.3, 0.4) is 0 Å². The largest absolute Gasteiger partial charge is 0.469 e. The number of hydrogen-bond acceptors (Lipinski definition) is 4. The maximum absolute atomic E-state index is 11.9. The molecule has 0 spiro atoms. The lowest BCUT2D eigenvalue weighted by Crippen LogP contribution is -2.17. The Morgan fingerprint density at radius 1 is 1.40 bits per heavy atom. The van der Waals surface area contributed by atoms with Crippen LogP contribution in [0.2, 0.25) is 0 Å². The van der Waals surface area contributed by atoms with Gasteiger partial charge in [-0.05, 0) is 31.5 Å². The SMILES string of the molecule is Cc1sc(NC(=O)CCc2ccco2)c(C(N)=O)c1C. The van der Waals surface area contributed by atoms with Crippen LogP contribution in [-0.2, 0) is 11.2 Å². The van der Waals surface area contributed by atoms with Crippen molar-refractivity contribution in [2.24, 2.45) is 5.73 Å². The van der Waals surface area contributed by atoms with Crippen LogP contribution in [0.4, 0.5) is 5.00 Å². The molecular formula is C14H16N2O3S. The lowest BCUT2D eigenvalue weighted by molar-refractivity contribution is -0.116. The molecule has 2 aromatic rings. The van der Waals surface area contributed by atoms with E-state index in [2.05, 4.69) is 5.32 Å². The third-order valence-electron chi connectivity index (χ3n) is 3.06. The van der Waals surface area contributed by atoms with E-state index in [1.165, 1.54) is 11.3 Å². The molecule has 3 N–H and O–H groups in total. The Balaban J connectivity index is 2.04. The molecule has 0 saturated heterocycles. The van der Waals surface area contributed by atoms with Crippen LogP contribution in [0.5, 0.6) is 0 Å². The Morgan fingerprint density at radius 2 is 2.15 bits per heavy atom. The van der Waals surface area contributed by atoms with Gasteiger partial charge < -0.3 is 15.5 Å². The van der Waals surface area contributed by atoms with Gasteiger partial charge in [-0.2, -0.15) is 0 Å². The van der Waals surface area contributed by atoms with E-state index in [-0.39, 0.29) is 5.91 Å². The molecule has 0 unspecified atom stereocenters. The Bertz CT molecular complexity index is 629. The molecule has 0 bridgehead atoms. The molecule has 0 aliphatic rings. The number of thiophene rings is 1. The number of nitrogens with one attached hydrogen (secondary N) is 1.